The van der Waals surface area contributed by atoms with Gasteiger partial charge < -0.3 is 4.74 Å². The summed E-state index contributed by atoms with van der Waals surface area (Å²) < 4.78 is 6.16. The van der Waals surface area contributed by atoms with E-state index in [1.165, 1.54) is 115 Å². The molecular weight excluding hydrogens is 440 g/mol. The molecule has 0 aliphatic heterocycles. The lowest BCUT2D eigenvalue weighted by molar-refractivity contribution is 0.177. The van der Waals surface area contributed by atoms with Gasteiger partial charge in [0.05, 0.1) is 6.61 Å². The Labute approximate surface area is 221 Å². The lowest BCUT2D eigenvalue weighted by Gasteiger charge is -2.28. The summed E-state index contributed by atoms with van der Waals surface area (Å²) in [5.74, 6) is 3.45. The number of nitrogens with zero attached hydrogens (tertiary/aromatic N) is 2. The van der Waals surface area contributed by atoms with Gasteiger partial charge in [-0.1, -0.05) is 104 Å². The normalized spacial score (nSPS) is 17.8. The van der Waals surface area contributed by atoms with Crippen molar-refractivity contribution in [2.45, 2.75) is 129 Å². The van der Waals surface area contributed by atoms with E-state index in [1.807, 2.05) is 12.4 Å². The van der Waals surface area contributed by atoms with Crippen molar-refractivity contribution in [2.24, 2.45) is 11.8 Å². The smallest absolute Gasteiger partial charge is 0.159 e. The summed E-state index contributed by atoms with van der Waals surface area (Å²) in [6.45, 7) is 5.42. The summed E-state index contributed by atoms with van der Waals surface area (Å²) in [6.07, 6.45) is 28.4. The van der Waals surface area contributed by atoms with E-state index in [4.69, 9.17) is 4.74 Å². The number of unbranched alkanes of at least 4 members (excludes halogenated alkanes) is 10. The monoisotopic (exact) mass is 492 g/mol. The van der Waals surface area contributed by atoms with Crippen molar-refractivity contribution < 1.29 is 4.74 Å². The van der Waals surface area contributed by atoms with Crippen LogP contribution in [-0.2, 0) is 6.42 Å². The molecule has 3 rings (SSSR count). The Hall–Kier alpha value is -1.90. The SMILES string of the molecule is CCCCCCCCCc1cnc(-c2ccc(OC[C@H]3CC[C@H](CCCCCCC)CC3)cc2)nc1. The van der Waals surface area contributed by atoms with Crippen LogP contribution in [0.15, 0.2) is 36.7 Å². The van der Waals surface area contributed by atoms with Crippen LogP contribution < -0.4 is 4.74 Å². The van der Waals surface area contributed by atoms with Gasteiger partial charge in [0.2, 0.25) is 0 Å². The second-order valence-corrected chi connectivity index (χ2v) is 11.2. The molecule has 0 atom stereocenters. The lowest BCUT2D eigenvalue weighted by Crippen LogP contribution is -2.20. The molecule has 0 N–H and O–H groups in total. The van der Waals surface area contributed by atoms with Crippen LogP contribution in [0.1, 0.15) is 129 Å². The van der Waals surface area contributed by atoms with Gasteiger partial charge in [0.25, 0.3) is 0 Å². The van der Waals surface area contributed by atoms with E-state index in [0.29, 0.717) is 5.92 Å². The molecule has 1 aliphatic rings. The molecule has 0 spiro atoms. The first-order valence-electron chi connectivity index (χ1n) is 15.3. The Morgan fingerprint density at radius 3 is 1.86 bits per heavy atom. The Bertz CT molecular complexity index is 793. The van der Waals surface area contributed by atoms with Crippen molar-refractivity contribution in [1.29, 1.82) is 0 Å². The molecule has 2 aromatic rings. The van der Waals surface area contributed by atoms with Crippen LogP contribution in [-0.4, -0.2) is 16.6 Å². The third-order valence-corrected chi connectivity index (χ3v) is 8.05. The van der Waals surface area contributed by atoms with Gasteiger partial charge in [0.1, 0.15) is 5.75 Å². The standard InChI is InChI=1S/C33H52N2O/c1-3-5-7-9-10-12-14-16-30-25-34-33(35-26-30)31-21-23-32(24-22-31)36-27-29-19-17-28(18-20-29)15-13-11-8-6-4-2/h21-26,28-29H,3-20,27H2,1-2H3/t28-,29-. The molecule has 36 heavy (non-hydrogen) atoms. The number of benzene rings is 1. The molecule has 3 heteroatoms. The van der Waals surface area contributed by atoms with Gasteiger partial charge >= 0.3 is 0 Å². The van der Waals surface area contributed by atoms with Gasteiger partial charge in [0.15, 0.2) is 5.82 Å². The first-order chi connectivity index (χ1) is 17.8. The van der Waals surface area contributed by atoms with Gasteiger partial charge in [-0.3, -0.25) is 0 Å². The van der Waals surface area contributed by atoms with E-state index in [0.717, 1.165) is 36.1 Å². The van der Waals surface area contributed by atoms with Crippen LogP contribution in [0.5, 0.6) is 5.75 Å². The van der Waals surface area contributed by atoms with E-state index in [-0.39, 0.29) is 0 Å². The molecule has 1 fully saturated rings. The quantitative estimate of drug-likeness (QED) is 0.194. The van der Waals surface area contributed by atoms with Gasteiger partial charge in [0, 0.05) is 18.0 Å². The first-order valence-corrected chi connectivity index (χ1v) is 15.3. The Kier molecular flexibility index (Phi) is 14.0. The zero-order valence-corrected chi connectivity index (χ0v) is 23.4. The van der Waals surface area contributed by atoms with Gasteiger partial charge in [-0.15, -0.1) is 0 Å². The molecule has 200 valence electrons. The van der Waals surface area contributed by atoms with E-state index in [1.54, 1.807) is 0 Å². The van der Waals surface area contributed by atoms with Crippen LogP contribution in [0.3, 0.4) is 0 Å². The number of rotatable bonds is 18. The van der Waals surface area contributed by atoms with Gasteiger partial charge in [-0.2, -0.15) is 0 Å². The third-order valence-electron chi connectivity index (χ3n) is 8.05. The average Bonchev–Trinajstić information content (AvgIpc) is 2.93. The molecule has 0 saturated heterocycles. The zero-order chi connectivity index (χ0) is 25.3. The number of ether oxygens (including phenoxy) is 1. The van der Waals surface area contributed by atoms with E-state index < -0.39 is 0 Å². The minimum absolute atomic E-state index is 0.716. The predicted octanol–water partition coefficient (Wildman–Crippen LogP) is 9.98. The molecule has 1 heterocycles. The molecule has 0 unspecified atom stereocenters. The highest BCUT2D eigenvalue weighted by molar-refractivity contribution is 5.55. The Morgan fingerprint density at radius 1 is 0.667 bits per heavy atom. The van der Waals surface area contributed by atoms with Crippen LogP contribution in [0.2, 0.25) is 0 Å². The van der Waals surface area contributed by atoms with Crippen LogP contribution in [0.25, 0.3) is 11.4 Å². The summed E-state index contributed by atoms with van der Waals surface area (Å²) in [4.78, 5) is 9.26. The minimum Gasteiger partial charge on any atom is -0.493 e. The van der Waals surface area contributed by atoms with Gasteiger partial charge in [-0.05, 0) is 67.3 Å². The van der Waals surface area contributed by atoms with Crippen molar-refractivity contribution in [3.8, 4) is 17.1 Å². The van der Waals surface area contributed by atoms with Crippen molar-refractivity contribution in [3.63, 3.8) is 0 Å². The van der Waals surface area contributed by atoms with Gasteiger partial charge in [-0.25, -0.2) is 9.97 Å². The van der Waals surface area contributed by atoms with E-state index >= 15 is 0 Å². The molecule has 0 radical (unpaired) electrons. The maximum Gasteiger partial charge on any atom is 0.159 e. The molecule has 1 aromatic heterocycles. The van der Waals surface area contributed by atoms with Crippen molar-refractivity contribution in [1.82, 2.24) is 9.97 Å². The second-order valence-electron chi connectivity index (χ2n) is 11.2. The fraction of sp³-hybridized carbons (Fsp3) is 0.697. The van der Waals surface area contributed by atoms with Crippen molar-refractivity contribution >= 4 is 0 Å². The number of aromatic nitrogens is 2. The second kappa shape index (κ2) is 17.5. The largest absolute Gasteiger partial charge is 0.493 e. The fourth-order valence-electron chi connectivity index (χ4n) is 5.56. The Balaban J connectivity index is 1.31. The minimum atomic E-state index is 0.716. The molecule has 1 aromatic carbocycles. The fourth-order valence-corrected chi connectivity index (χ4v) is 5.56. The molecule has 1 aliphatic carbocycles. The molecule has 1 saturated carbocycles. The average molecular weight is 493 g/mol. The van der Waals surface area contributed by atoms with E-state index in [9.17, 15) is 0 Å². The zero-order valence-electron chi connectivity index (χ0n) is 23.4. The van der Waals surface area contributed by atoms with Crippen LogP contribution in [0.4, 0.5) is 0 Å². The number of aryl methyl sites for hydroxylation is 1. The molecule has 3 nitrogen and oxygen atoms in total. The third kappa shape index (κ3) is 11.0. The molecule has 0 amide bonds. The maximum absolute atomic E-state index is 6.16. The van der Waals surface area contributed by atoms with Crippen LogP contribution in [0, 0.1) is 11.8 Å². The maximum atomic E-state index is 6.16. The molecular formula is C33H52N2O. The first kappa shape index (κ1) is 28.7. The predicted molar refractivity (Wildman–Crippen MR) is 153 cm³/mol. The van der Waals surface area contributed by atoms with Crippen molar-refractivity contribution in [2.75, 3.05) is 6.61 Å². The summed E-state index contributed by atoms with van der Waals surface area (Å²) >= 11 is 0. The summed E-state index contributed by atoms with van der Waals surface area (Å²) in [5.41, 5.74) is 2.31. The highest BCUT2D eigenvalue weighted by Crippen LogP contribution is 2.32. The highest BCUT2D eigenvalue weighted by atomic mass is 16.5. The summed E-state index contributed by atoms with van der Waals surface area (Å²) in [6, 6.07) is 8.34. The highest BCUT2D eigenvalue weighted by Gasteiger charge is 2.21. The number of hydrogen-bond acceptors (Lipinski definition) is 3. The summed E-state index contributed by atoms with van der Waals surface area (Å²) in [5, 5.41) is 0. The molecule has 0 bridgehead atoms. The summed E-state index contributed by atoms with van der Waals surface area (Å²) in [7, 11) is 0. The van der Waals surface area contributed by atoms with Crippen molar-refractivity contribution in [3.05, 3.63) is 42.2 Å². The Morgan fingerprint density at radius 2 is 1.22 bits per heavy atom. The lowest BCUT2D eigenvalue weighted by atomic mass is 9.80. The van der Waals surface area contributed by atoms with Crippen LogP contribution >= 0.6 is 0 Å². The topological polar surface area (TPSA) is 35.0 Å². The number of hydrogen-bond donors (Lipinski definition) is 0. The van der Waals surface area contributed by atoms with E-state index in [2.05, 4.69) is 48.1 Å².